The number of nitrogens with one attached hydrogen (secondary N) is 2. The third-order valence-corrected chi connectivity index (χ3v) is 6.27. The average molecular weight is 445 g/mol. The Kier molecular flexibility index (Phi) is 6.74. The summed E-state index contributed by atoms with van der Waals surface area (Å²) in [7, 11) is 0. The highest BCUT2D eigenvalue weighted by molar-refractivity contribution is 6.18. The van der Waals surface area contributed by atoms with E-state index >= 15 is 0 Å². The summed E-state index contributed by atoms with van der Waals surface area (Å²) in [5, 5.41) is 15.9. The van der Waals surface area contributed by atoms with Crippen LogP contribution >= 0.6 is 0 Å². The molecule has 2 aliphatic carbocycles. The van der Waals surface area contributed by atoms with Gasteiger partial charge in [-0.05, 0) is 50.7 Å². The van der Waals surface area contributed by atoms with Crippen LogP contribution in [0.2, 0.25) is 0 Å². The van der Waals surface area contributed by atoms with E-state index in [2.05, 4.69) is 27.2 Å². The van der Waals surface area contributed by atoms with Gasteiger partial charge >= 0.3 is 0 Å². The smallest absolute Gasteiger partial charge is 0.210 e. The van der Waals surface area contributed by atoms with Crippen molar-refractivity contribution in [3.8, 4) is 0 Å². The van der Waals surface area contributed by atoms with Gasteiger partial charge in [-0.2, -0.15) is 0 Å². The van der Waals surface area contributed by atoms with Crippen molar-refractivity contribution >= 4 is 17.5 Å². The van der Waals surface area contributed by atoms with Crippen LogP contribution in [0.25, 0.3) is 0 Å². The third kappa shape index (κ3) is 4.77. The number of anilines is 1. The molecule has 1 aliphatic heterocycles. The first-order chi connectivity index (χ1) is 15.5. The molecule has 0 amide bonds. The Morgan fingerprint density at radius 3 is 2.44 bits per heavy atom. The molecule has 0 aromatic heterocycles. The number of amidine groups is 1. The number of benzene rings is 1. The number of guanidine groups is 1. The number of aliphatic hydroxyl groups excluding tert-OH is 1. The fourth-order valence-corrected chi connectivity index (χ4v) is 4.61. The van der Waals surface area contributed by atoms with Crippen LogP contribution in [-0.2, 0) is 0 Å². The minimum atomic E-state index is -0.701. The van der Waals surface area contributed by atoms with Gasteiger partial charge in [-0.3, -0.25) is 4.90 Å². The molecule has 4 rings (SSSR count). The van der Waals surface area contributed by atoms with Crippen LogP contribution in [0.15, 0.2) is 52.5 Å². The summed E-state index contributed by atoms with van der Waals surface area (Å²) in [4.78, 5) is 11.1. The molecular formula is C23H30F2N6O. The molecule has 9 heteroatoms. The fraction of sp³-hybridized carbons (Fsp3) is 0.478. The Morgan fingerprint density at radius 2 is 1.81 bits per heavy atom. The van der Waals surface area contributed by atoms with Gasteiger partial charge in [-0.25, -0.2) is 18.8 Å². The van der Waals surface area contributed by atoms with Gasteiger partial charge in [-0.1, -0.05) is 25.5 Å². The maximum atomic E-state index is 14.3. The van der Waals surface area contributed by atoms with E-state index in [0.29, 0.717) is 23.3 Å². The van der Waals surface area contributed by atoms with Gasteiger partial charge < -0.3 is 21.5 Å². The minimum absolute atomic E-state index is 0.0879. The number of halogens is 2. The molecule has 32 heavy (non-hydrogen) atoms. The molecule has 2 saturated carbocycles. The lowest BCUT2D eigenvalue weighted by Crippen LogP contribution is -2.44. The van der Waals surface area contributed by atoms with E-state index in [0.717, 1.165) is 51.4 Å². The normalized spacial score (nSPS) is 26.6. The average Bonchev–Trinajstić information content (AvgIpc) is 3.40. The predicted molar refractivity (Wildman–Crippen MR) is 122 cm³/mol. The summed E-state index contributed by atoms with van der Waals surface area (Å²) in [5.41, 5.74) is 6.00. The number of rotatable bonds is 5. The molecule has 1 heterocycles. The van der Waals surface area contributed by atoms with Crippen molar-refractivity contribution in [2.45, 2.75) is 69.6 Å². The molecule has 0 spiro atoms. The van der Waals surface area contributed by atoms with Crippen LogP contribution in [0.1, 0.15) is 51.4 Å². The zero-order valence-corrected chi connectivity index (χ0v) is 18.0. The second-order valence-corrected chi connectivity index (χ2v) is 8.55. The lowest BCUT2D eigenvalue weighted by molar-refractivity contribution is 0.118. The van der Waals surface area contributed by atoms with Crippen molar-refractivity contribution in [2.75, 3.05) is 5.32 Å². The first kappa shape index (κ1) is 22.3. The second kappa shape index (κ2) is 9.68. The van der Waals surface area contributed by atoms with Crippen LogP contribution < -0.4 is 16.4 Å². The summed E-state index contributed by atoms with van der Waals surface area (Å²) in [6.45, 7) is 4.05. The third-order valence-electron chi connectivity index (χ3n) is 6.27. The Morgan fingerprint density at radius 1 is 1.16 bits per heavy atom. The van der Waals surface area contributed by atoms with Crippen molar-refractivity contribution in [1.29, 1.82) is 0 Å². The number of nitrogens with two attached hydrogens (primary N) is 1. The van der Waals surface area contributed by atoms with E-state index in [1.807, 2.05) is 4.90 Å². The fourth-order valence-electron chi connectivity index (χ4n) is 4.61. The van der Waals surface area contributed by atoms with Gasteiger partial charge in [0.15, 0.2) is 5.84 Å². The quantitative estimate of drug-likeness (QED) is 0.557. The van der Waals surface area contributed by atoms with Gasteiger partial charge in [0.05, 0.1) is 6.10 Å². The molecule has 0 atom stereocenters. The molecule has 1 aromatic carbocycles. The molecule has 5 N–H and O–H groups in total. The van der Waals surface area contributed by atoms with Crippen LogP contribution in [0.3, 0.4) is 0 Å². The minimum Gasteiger partial charge on any atom is -0.403 e. The first-order valence-electron chi connectivity index (χ1n) is 11.2. The molecule has 7 nitrogen and oxygen atoms in total. The van der Waals surface area contributed by atoms with Crippen LogP contribution in [0.4, 0.5) is 14.5 Å². The van der Waals surface area contributed by atoms with E-state index in [4.69, 9.17) is 5.73 Å². The van der Waals surface area contributed by atoms with Gasteiger partial charge in [0, 0.05) is 18.3 Å². The van der Waals surface area contributed by atoms with E-state index in [1.165, 1.54) is 24.4 Å². The highest BCUT2D eigenvalue weighted by Crippen LogP contribution is 2.31. The van der Waals surface area contributed by atoms with Gasteiger partial charge in [-0.15, -0.1) is 0 Å². The van der Waals surface area contributed by atoms with Crippen molar-refractivity contribution in [3.63, 3.8) is 0 Å². The number of nitrogens with zero attached hydrogens (tertiary/aromatic N) is 3. The van der Waals surface area contributed by atoms with Crippen molar-refractivity contribution < 1.29 is 13.9 Å². The number of aliphatic hydroxyl groups is 1. The lowest BCUT2D eigenvalue weighted by Gasteiger charge is -2.29. The highest BCUT2D eigenvalue weighted by Gasteiger charge is 2.36. The van der Waals surface area contributed by atoms with Gasteiger partial charge in [0.2, 0.25) is 5.96 Å². The molecule has 172 valence electrons. The first-order valence-corrected chi connectivity index (χ1v) is 11.2. The standard InChI is InChI=1S/C23H30F2N6O/c1-14(27-15-9-11-17(32)12-10-15)28-22-20(13-26)29-23(31(22)16-5-2-3-6-16)30-21-18(24)7-4-8-19(21)25/h4,7-8,13,15-17,27,32H,1-3,5-6,9-12,26H2,(H,29,30)/b20-13+,28-22+/t15-,17-. The van der Waals surface area contributed by atoms with Crippen LogP contribution in [0.5, 0.6) is 0 Å². The molecule has 3 aliphatic rings. The van der Waals surface area contributed by atoms with E-state index in [-0.39, 0.29) is 23.9 Å². The van der Waals surface area contributed by atoms with Crippen molar-refractivity contribution in [3.05, 3.63) is 54.1 Å². The largest absolute Gasteiger partial charge is 0.403 e. The maximum absolute atomic E-state index is 14.3. The topological polar surface area (TPSA) is 98.3 Å². The zero-order valence-electron chi connectivity index (χ0n) is 18.0. The zero-order chi connectivity index (χ0) is 22.7. The van der Waals surface area contributed by atoms with E-state index in [9.17, 15) is 13.9 Å². The molecule has 0 unspecified atom stereocenters. The molecule has 0 bridgehead atoms. The SMILES string of the molecule is C=C(/N=C1\C(=C/N)N=C(Nc2c(F)cccc2F)N1C1CCCC1)N[C@H]1CC[C@H](O)CC1. The van der Waals surface area contributed by atoms with Crippen molar-refractivity contribution in [1.82, 2.24) is 10.2 Å². The Labute approximate surface area is 186 Å². The summed E-state index contributed by atoms with van der Waals surface area (Å²) in [6, 6.07) is 3.99. The van der Waals surface area contributed by atoms with Gasteiger partial charge in [0.25, 0.3) is 0 Å². The summed E-state index contributed by atoms with van der Waals surface area (Å²) < 4.78 is 28.6. The lowest BCUT2D eigenvalue weighted by atomic mass is 9.93. The highest BCUT2D eigenvalue weighted by atomic mass is 19.1. The van der Waals surface area contributed by atoms with Crippen LogP contribution in [-0.4, -0.2) is 40.0 Å². The summed E-state index contributed by atoms with van der Waals surface area (Å²) in [6.07, 6.45) is 8.21. The number of hydrogen-bond acceptors (Lipinski definition) is 6. The monoisotopic (exact) mass is 444 g/mol. The Hall–Kier alpha value is -2.94. The summed E-state index contributed by atoms with van der Waals surface area (Å²) >= 11 is 0. The number of aliphatic imine (C=N–C) groups is 2. The molecule has 1 aromatic rings. The molecule has 0 radical (unpaired) electrons. The molecular weight excluding hydrogens is 414 g/mol. The second-order valence-electron chi connectivity index (χ2n) is 8.55. The number of para-hydroxylation sites is 1. The molecule has 0 saturated heterocycles. The van der Waals surface area contributed by atoms with E-state index < -0.39 is 11.6 Å². The summed E-state index contributed by atoms with van der Waals surface area (Å²) in [5.74, 6) is -0.129. The Bertz CT molecular complexity index is 926. The maximum Gasteiger partial charge on any atom is 0.210 e. The predicted octanol–water partition coefficient (Wildman–Crippen LogP) is 3.55. The van der Waals surface area contributed by atoms with E-state index in [1.54, 1.807) is 0 Å². The number of hydrogen-bond donors (Lipinski definition) is 4. The van der Waals surface area contributed by atoms with Crippen LogP contribution in [0, 0.1) is 11.6 Å². The van der Waals surface area contributed by atoms with Crippen molar-refractivity contribution in [2.24, 2.45) is 15.7 Å². The van der Waals surface area contributed by atoms with Gasteiger partial charge in [0.1, 0.15) is 28.8 Å². The molecule has 2 fully saturated rings. The Balaban J connectivity index is 1.59.